The van der Waals surface area contributed by atoms with E-state index >= 15 is 0 Å². The Morgan fingerprint density at radius 1 is 1.21 bits per heavy atom. The highest BCUT2D eigenvalue weighted by atomic mass is 35.5. The molecule has 4 heterocycles. The first-order valence-corrected chi connectivity index (χ1v) is 12.1. The maximum atomic E-state index is 13.5. The normalized spacial score (nSPS) is 14.9. The number of piperidine rings is 1. The fourth-order valence-corrected chi connectivity index (χ4v) is 5.10. The van der Waals surface area contributed by atoms with Gasteiger partial charge in [-0.25, -0.2) is 14.4 Å². The van der Waals surface area contributed by atoms with Gasteiger partial charge in [-0.05, 0) is 48.7 Å². The molecule has 1 aliphatic heterocycles. The number of nitrogens with one attached hydrogen (secondary N) is 2. The Kier molecular flexibility index (Phi) is 6.66. The number of anilines is 2. The number of amides is 1. The molecular formula is C24H22ClFN6OS. The summed E-state index contributed by atoms with van der Waals surface area (Å²) in [7, 11) is 0. The minimum absolute atomic E-state index is 0.0205. The highest BCUT2D eigenvalue weighted by Crippen LogP contribution is 2.31. The molecule has 1 amide bonds. The Morgan fingerprint density at radius 3 is 2.82 bits per heavy atom. The average Bonchev–Trinajstić information content (AvgIpc) is 3.29. The molecule has 1 saturated heterocycles. The fraction of sp³-hybridized carbons (Fsp3) is 0.250. The zero-order valence-electron chi connectivity index (χ0n) is 18.2. The summed E-state index contributed by atoms with van der Waals surface area (Å²) in [4.78, 5) is 29.4. The first kappa shape index (κ1) is 22.6. The number of aromatic nitrogens is 3. The number of likely N-dealkylation sites (tertiary alicyclic amines) is 1. The molecule has 0 aliphatic carbocycles. The summed E-state index contributed by atoms with van der Waals surface area (Å²) in [6.45, 7) is 2.72. The number of carbonyl (C=O) groups is 1. The van der Waals surface area contributed by atoms with Gasteiger partial charge in [-0.15, -0.1) is 11.3 Å². The van der Waals surface area contributed by atoms with Crippen molar-refractivity contribution in [2.75, 3.05) is 18.4 Å². The molecule has 5 rings (SSSR count). The zero-order valence-corrected chi connectivity index (χ0v) is 19.7. The molecule has 2 N–H and O–H groups in total. The predicted molar refractivity (Wildman–Crippen MR) is 132 cm³/mol. The topological polar surface area (TPSA) is 83.0 Å². The molecule has 1 aromatic carbocycles. The SMILES string of the molecule is O=C(NC1CCN(Cc2cccnc2)CC1)c1cc2c(Nc3ccc(F)c(Cl)c3)ncnc2s1. The van der Waals surface area contributed by atoms with Crippen LogP contribution in [0.5, 0.6) is 0 Å². The molecule has 0 unspecified atom stereocenters. The summed E-state index contributed by atoms with van der Waals surface area (Å²) in [6.07, 6.45) is 6.91. The van der Waals surface area contributed by atoms with Crippen LogP contribution in [0.1, 0.15) is 28.1 Å². The molecule has 0 saturated carbocycles. The lowest BCUT2D eigenvalue weighted by Gasteiger charge is -2.32. The molecule has 10 heteroatoms. The third kappa shape index (κ3) is 5.16. The van der Waals surface area contributed by atoms with Gasteiger partial charge in [-0.2, -0.15) is 0 Å². The van der Waals surface area contributed by atoms with Crippen LogP contribution in [0, 0.1) is 5.82 Å². The largest absolute Gasteiger partial charge is 0.349 e. The van der Waals surface area contributed by atoms with Gasteiger partial charge in [0.1, 0.15) is 22.8 Å². The number of thiophene rings is 1. The van der Waals surface area contributed by atoms with Crippen molar-refractivity contribution < 1.29 is 9.18 Å². The van der Waals surface area contributed by atoms with E-state index in [-0.39, 0.29) is 17.0 Å². The van der Waals surface area contributed by atoms with Gasteiger partial charge >= 0.3 is 0 Å². The summed E-state index contributed by atoms with van der Waals surface area (Å²) >= 11 is 7.20. The van der Waals surface area contributed by atoms with Gasteiger partial charge in [0.2, 0.25) is 0 Å². The number of halogens is 2. The molecule has 7 nitrogen and oxygen atoms in total. The predicted octanol–water partition coefficient (Wildman–Crippen LogP) is 5.02. The lowest BCUT2D eigenvalue weighted by atomic mass is 10.0. The number of carbonyl (C=O) groups excluding carboxylic acids is 1. The van der Waals surface area contributed by atoms with Gasteiger partial charge in [-0.1, -0.05) is 17.7 Å². The van der Waals surface area contributed by atoms with Crippen molar-refractivity contribution in [2.24, 2.45) is 0 Å². The van der Waals surface area contributed by atoms with Crippen LogP contribution in [0.3, 0.4) is 0 Å². The number of fused-ring (bicyclic) bond motifs is 1. The van der Waals surface area contributed by atoms with Crippen LogP contribution in [-0.2, 0) is 6.54 Å². The molecule has 0 bridgehead atoms. The zero-order chi connectivity index (χ0) is 23.5. The Labute approximate surface area is 205 Å². The number of benzene rings is 1. The average molecular weight is 497 g/mol. The number of hydrogen-bond acceptors (Lipinski definition) is 7. The van der Waals surface area contributed by atoms with Crippen LogP contribution >= 0.6 is 22.9 Å². The molecule has 1 fully saturated rings. The Hall–Kier alpha value is -3.14. The summed E-state index contributed by atoms with van der Waals surface area (Å²) in [5.41, 5.74) is 1.80. The Bertz CT molecular complexity index is 1310. The van der Waals surface area contributed by atoms with E-state index in [9.17, 15) is 9.18 Å². The highest BCUT2D eigenvalue weighted by Gasteiger charge is 2.22. The van der Waals surface area contributed by atoms with Crippen molar-refractivity contribution in [2.45, 2.75) is 25.4 Å². The molecule has 1 aliphatic rings. The van der Waals surface area contributed by atoms with E-state index in [0.717, 1.165) is 37.9 Å². The smallest absolute Gasteiger partial charge is 0.261 e. The lowest BCUT2D eigenvalue weighted by molar-refractivity contribution is 0.0913. The van der Waals surface area contributed by atoms with Crippen LogP contribution in [-0.4, -0.2) is 44.9 Å². The highest BCUT2D eigenvalue weighted by molar-refractivity contribution is 7.20. The second kappa shape index (κ2) is 10.0. The van der Waals surface area contributed by atoms with Crippen LogP contribution in [0.2, 0.25) is 5.02 Å². The molecular weight excluding hydrogens is 475 g/mol. The molecule has 34 heavy (non-hydrogen) atoms. The first-order valence-electron chi connectivity index (χ1n) is 10.9. The van der Waals surface area contributed by atoms with Gasteiger partial charge in [0.25, 0.3) is 5.91 Å². The maximum Gasteiger partial charge on any atom is 0.261 e. The Morgan fingerprint density at radius 2 is 2.06 bits per heavy atom. The molecule has 4 aromatic rings. The van der Waals surface area contributed by atoms with Gasteiger partial charge in [0, 0.05) is 43.8 Å². The fourth-order valence-electron chi connectivity index (χ4n) is 4.02. The van der Waals surface area contributed by atoms with Gasteiger partial charge < -0.3 is 10.6 Å². The van der Waals surface area contributed by atoms with E-state index in [1.165, 1.54) is 35.4 Å². The van der Waals surface area contributed by atoms with E-state index in [1.54, 1.807) is 18.3 Å². The van der Waals surface area contributed by atoms with E-state index in [0.29, 0.717) is 21.2 Å². The summed E-state index contributed by atoms with van der Waals surface area (Å²) in [5.74, 6) is -0.0615. The molecule has 0 atom stereocenters. The number of hydrogen-bond donors (Lipinski definition) is 2. The van der Waals surface area contributed by atoms with Crippen molar-refractivity contribution in [3.63, 3.8) is 0 Å². The third-order valence-electron chi connectivity index (χ3n) is 5.79. The second-order valence-corrected chi connectivity index (χ2v) is 9.63. The van der Waals surface area contributed by atoms with E-state index in [4.69, 9.17) is 11.6 Å². The Balaban J connectivity index is 1.23. The van der Waals surface area contributed by atoms with Crippen molar-refractivity contribution >= 4 is 50.6 Å². The molecule has 174 valence electrons. The summed E-state index contributed by atoms with van der Waals surface area (Å²) < 4.78 is 13.5. The van der Waals surface area contributed by atoms with Crippen LogP contribution in [0.4, 0.5) is 15.9 Å². The minimum atomic E-state index is -0.488. The van der Waals surface area contributed by atoms with Gasteiger partial charge in [-0.3, -0.25) is 14.7 Å². The minimum Gasteiger partial charge on any atom is -0.349 e. The lowest BCUT2D eigenvalue weighted by Crippen LogP contribution is -2.44. The summed E-state index contributed by atoms with van der Waals surface area (Å²) in [6, 6.07) is 10.3. The van der Waals surface area contributed by atoms with E-state index in [1.807, 2.05) is 12.3 Å². The molecule has 0 radical (unpaired) electrons. The third-order valence-corrected chi connectivity index (χ3v) is 7.12. The van der Waals surface area contributed by atoms with E-state index < -0.39 is 5.82 Å². The van der Waals surface area contributed by atoms with Crippen LogP contribution in [0.15, 0.2) is 55.1 Å². The van der Waals surface area contributed by atoms with Crippen LogP contribution < -0.4 is 10.6 Å². The molecule has 0 spiro atoms. The summed E-state index contributed by atoms with van der Waals surface area (Å²) in [5, 5.41) is 7.05. The van der Waals surface area contributed by atoms with Crippen molar-refractivity contribution in [1.29, 1.82) is 0 Å². The van der Waals surface area contributed by atoms with Gasteiger partial charge in [0.05, 0.1) is 15.3 Å². The standard InChI is InChI=1S/C24H22ClFN6OS/c25-19-10-17(3-4-20(19)26)30-22-18-11-21(34-24(18)29-14-28-22)23(33)31-16-5-8-32(9-6-16)13-15-2-1-7-27-12-15/h1-4,7,10-12,14,16H,5-6,8-9,13H2,(H,31,33)(H,28,29,30). The van der Waals surface area contributed by atoms with Crippen LogP contribution in [0.25, 0.3) is 10.2 Å². The first-order chi connectivity index (χ1) is 16.5. The van der Waals surface area contributed by atoms with Crippen molar-refractivity contribution in [3.8, 4) is 0 Å². The maximum absolute atomic E-state index is 13.5. The number of rotatable bonds is 6. The molecule has 3 aromatic heterocycles. The second-order valence-electron chi connectivity index (χ2n) is 8.19. The number of pyridine rings is 1. The van der Waals surface area contributed by atoms with Crippen molar-refractivity contribution in [1.82, 2.24) is 25.2 Å². The van der Waals surface area contributed by atoms with E-state index in [2.05, 4.69) is 36.6 Å². The quantitative estimate of drug-likeness (QED) is 0.390. The van der Waals surface area contributed by atoms with Crippen molar-refractivity contribution in [3.05, 3.63) is 76.4 Å². The van der Waals surface area contributed by atoms with Gasteiger partial charge in [0.15, 0.2) is 0 Å². The monoisotopic (exact) mass is 496 g/mol. The number of nitrogens with zero attached hydrogens (tertiary/aromatic N) is 4.